The summed E-state index contributed by atoms with van der Waals surface area (Å²) < 4.78 is 6.51. The van der Waals surface area contributed by atoms with Crippen molar-refractivity contribution in [3.8, 4) is 44.8 Å². The van der Waals surface area contributed by atoms with Crippen molar-refractivity contribution in [1.29, 1.82) is 0 Å². The van der Waals surface area contributed by atoms with Crippen LogP contribution in [0.4, 0.5) is 0 Å². The predicted molar refractivity (Wildman–Crippen MR) is 195 cm³/mol. The number of aromatic nitrogens is 2. The van der Waals surface area contributed by atoms with Gasteiger partial charge in [0.1, 0.15) is 11.2 Å². The minimum absolute atomic E-state index is 0.858. The minimum Gasteiger partial charge on any atom is -0.456 e. The molecule has 0 aliphatic rings. The Morgan fingerprint density at radius 2 is 0.830 bits per heavy atom. The SMILES string of the molecule is c1ccc(-c2cccc(-c3nc4ccccc4nc3-c3cccc(-c4cc5oc6cccc7c8ccccc8c(c4)c5c67)c3)c2)cc1. The van der Waals surface area contributed by atoms with Gasteiger partial charge < -0.3 is 4.42 Å². The third-order valence-electron chi connectivity index (χ3n) is 9.39. The summed E-state index contributed by atoms with van der Waals surface area (Å²) in [4.78, 5) is 10.4. The van der Waals surface area contributed by atoms with Gasteiger partial charge in [-0.2, -0.15) is 0 Å². The molecule has 0 atom stereocenters. The third-order valence-corrected chi connectivity index (χ3v) is 9.39. The summed E-state index contributed by atoms with van der Waals surface area (Å²) in [5.74, 6) is 0. The maximum absolute atomic E-state index is 6.51. The number of hydrogen-bond acceptors (Lipinski definition) is 3. The summed E-state index contributed by atoms with van der Waals surface area (Å²) in [5.41, 5.74) is 11.9. The van der Waals surface area contributed by atoms with Crippen LogP contribution in [0.25, 0.3) is 99.3 Å². The van der Waals surface area contributed by atoms with E-state index in [2.05, 4.69) is 127 Å². The zero-order valence-electron chi connectivity index (χ0n) is 25.3. The van der Waals surface area contributed by atoms with Crippen molar-refractivity contribution >= 4 is 54.5 Å². The maximum atomic E-state index is 6.51. The van der Waals surface area contributed by atoms with Crippen LogP contribution >= 0.6 is 0 Å². The molecule has 2 heterocycles. The van der Waals surface area contributed by atoms with Gasteiger partial charge in [-0.25, -0.2) is 9.97 Å². The van der Waals surface area contributed by atoms with Gasteiger partial charge in [-0.1, -0.05) is 115 Å². The summed E-state index contributed by atoms with van der Waals surface area (Å²) in [6, 6.07) is 55.4. The van der Waals surface area contributed by atoms with E-state index in [1.54, 1.807) is 0 Å². The Labute approximate surface area is 270 Å². The van der Waals surface area contributed by atoms with Gasteiger partial charge in [0.25, 0.3) is 0 Å². The van der Waals surface area contributed by atoms with Gasteiger partial charge in [0.15, 0.2) is 0 Å². The lowest BCUT2D eigenvalue weighted by Gasteiger charge is -2.13. The Balaban J connectivity index is 1.18. The highest BCUT2D eigenvalue weighted by molar-refractivity contribution is 6.33. The molecule has 0 N–H and O–H groups in total. The smallest absolute Gasteiger partial charge is 0.136 e. The number of benzene rings is 8. The van der Waals surface area contributed by atoms with E-state index in [1.807, 2.05) is 30.3 Å². The summed E-state index contributed by atoms with van der Waals surface area (Å²) in [6.45, 7) is 0. The molecule has 0 aliphatic carbocycles. The van der Waals surface area contributed by atoms with Crippen molar-refractivity contribution < 1.29 is 4.42 Å². The number of hydrogen-bond donors (Lipinski definition) is 0. The van der Waals surface area contributed by atoms with Crippen LogP contribution in [0.2, 0.25) is 0 Å². The fourth-order valence-electron chi connectivity index (χ4n) is 7.23. The quantitative estimate of drug-likeness (QED) is 0.189. The van der Waals surface area contributed by atoms with Crippen molar-refractivity contribution in [2.45, 2.75) is 0 Å². The van der Waals surface area contributed by atoms with Crippen LogP contribution < -0.4 is 0 Å². The lowest BCUT2D eigenvalue weighted by atomic mass is 9.91. The number of fused-ring (bicyclic) bond motifs is 4. The van der Waals surface area contributed by atoms with Crippen LogP contribution in [0.5, 0.6) is 0 Å². The zero-order chi connectivity index (χ0) is 30.9. The van der Waals surface area contributed by atoms with E-state index < -0.39 is 0 Å². The highest BCUT2D eigenvalue weighted by Gasteiger charge is 2.19. The molecule has 10 rings (SSSR count). The van der Waals surface area contributed by atoms with Crippen molar-refractivity contribution in [2.75, 3.05) is 0 Å². The first-order chi connectivity index (χ1) is 23.3. The molecule has 0 saturated heterocycles. The molecule has 47 heavy (non-hydrogen) atoms. The molecule has 10 aromatic rings. The summed E-state index contributed by atoms with van der Waals surface area (Å²) >= 11 is 0. The molecule has 0 unspecified atom stereocenters. The number of rotatable bonds is 4. The molecule has 3 heteroatoms. The second-order valence-electron chi connectivity index (χ2n) is 12.2. The molecule has 0 aliphatic heterocycles. The van der Waals surface area contributed by atoms with Gasteiger partial charge in [0, 0.05) is 21.9 Å². The maximum Gasteiger partial charge on any atom is 0.136 e. The Morgan fingerprint density at radius 1 is 0.319 bits per heavy atom. The molecule has 8 aromatic carbocycles. The number of furan rings is 1. The largest absolute Gasteiger partial charge is 0.456 e. The second-order valence-corrected chi connectivity index (χ2v) is 12.2. The monoisotopic (exact) mass is 598 g/mol. The van der Waals surface area contributed by atoms with Crippen LogP contribution in [0.3, 0.4) is 0 Å². The Hall–Kier alpha value is -6.32. The first-order valence-electron chi connectivity index (χ1n) is 15.9. The fourth-order valence-corrected chi connectivity index (χ4v) is 7.23. The van der Waals surface area contributed by atoms with Gasteiger partial charge in [-0.05, 0) is 86.3 Å². The van der Waals surface area contributed by atoms with Crippen LogP contribution in [0.15, 0.2) is 162 Å². The predicted octanol–water partition coefficient (Wildman–Crippen LogP) is 11.9. The van der Waals surface area contributed by atoms with Crippen molar-refractivity contribution in [3.05, 3.63) is 158 Å². The molecule has 0 bridgehead atoms. The van der Waals surface area contributed by atoms with E-state index >= 15 is 0 Å². The molecule has 0 spiro atoms. The lowest BCUT2D eigenvalue weighted by Crippen LogP contribution is -1.96. The van der Waals surface area contributed by atoms with Crippen molar-refractivity contribution in [2.24, 2.45) is 0 Å². The molecule has 218 valence electrons. The molecule has 2 aromatic heterocycles. The van der Waals surface area contributed by atoms with E-state index in [0.717, 1.165) is 61.4 Å². The molecular formula is C44H26N2O. The van der Waals surface area contributed by atoms with E-state index in [4.69, 9.17) is 14.4 Å². The first-order valence-corrected chi connectivity index (χ1v) is 15.9. The van der Waals surface area contributed by atoms with E-state index in [1.165, 1.54) is 37.9 Å². The van der Waals surface area contributed by atoms with Crippen LogP contribution in [-0.4, -0.2) is 9.97 Å². The van der Waals surface area contributed by atoms with Gasteiger partial charge >= 0.3 is 0 Å². The number of nitrogens with zero attached hydrogens (tertiary/aromatic N) is 2. The molecular weight excluding hydrogens is 572 g/mol. The summed E-state index contributed by atoms with van der Waals surface area (Å²) in [5, 5.41) is 7.31. The standard InChI is InChI=1S/C44H26N2O/c1-2-11-27(12-3-1)28-13-8-15-30(23-28)43-44(46-38-21-7-6-20-37(38)45-43)31-16-9-14-29(24-31)32-25-36-34-18-5-4-17-33(34)35-19-10-22-39-41(35)42(36)40(26-32)47-39/h1-26H. The third kappa shape index (κ3) is 4.07. The molecule has 3 nitrogen and oxygen atoms in total. The second kappa shape index (κ2) is 10.1. The first kappa shape index (κ1) is 26.0. The van der Waals surface area contributed by atoms with Crippen LogP contribution in [-0.2, 0) is 0 Å². The van der Waals surface area contributed by atoms with Gasteiger partial charge in [-0.15, -0.1) is 0 Å². The average molecular weight is 599 g/mol. The molecule has 0 radical (unpaired) electrons. The molecule has 0 saturated carbocycles. The van der Waals surface area contributed by atoms with E-state index in [0.29, 0.717) is 0 Å². The summed E-state index contributed by atoms with van der Waals surface area (Å²) in [7, 11) is 0. The van der Waals surface area contributed by atoms with E-state index in [9.17, 15) is 0 Å². The Morgan fingerprint density at radius 3 is 1.53 bits per heavy atom. The topological polar surface area (TPSA) is 38.9 Å². The molecule has 0 amide bonds. The van der Waals surface area contributed by atoms with Crippen LogP contribution in [0.1, 0.15) is 0 Å². The average Bonchev–Trinajstić information content (AvgIpc) is 3.53. The molecule has 0 fully saturated rings. The van der Waals surface area contributed by atoms with Crippen LogP contribution in [0, 0.1) is 0 Å². The Bertz CT molecular complexity index is 2800. The normalized spacial score (nSPS) is 11.8. The lowest BCUT2D eigenvalue weighted by molar-refractivity contribution is 0.669. The van der Waals surface area contributed by atoms with Gasteiger partial charge in [-0.3, -0.25) is 0 Å². The fraction of sp³-hybridized carbons (Fsp3) is 0. The van der Waals surface area contributed by atoms with Gasteiger partial charge in [0.2, 0.25) is 0 Å². The Kier molecular flexibility index (Phi) is 5.57. The zero-order valence-corrected chi connectivity index (χ0v) is 25.3. The summed E-state index contributed by atoms with van der Waals surface area (Å²) in [6.07, 6.45) is 0. The highest BCUT2D eigenvalue weighted by atomic mass is 16.3. The van der Waals surface area contributed by atoms with Crippen molar-refractivity contribution in [3.63, 3.8) is 0 Å². The highest BCUT2D eigenvalue weighted by Crippen LogP contribution is 2.44. The van der Waals surface area contributed by atoms with E-state index in [-0.39, 0.29) is 0 Å². The van der Waals surface area contributed by atoms with Crippen molar-refractivity contribution in [1.82, 2.24) is 9.97 Å². The van der Waals surface area contributed by atoms with Gasteiger partial charge in [0.05, 0.1) is 22.4 Å². The number of para-hydroxylation sites is 2. The minimum atomic E-state index is 0.858.